The molecule has 1 aromatic carbocycles. The Labute approximate surface area is 122 Å². The first-order valence-corrected chi connectivity index (χ1v) is 7.08. The van der Waals surface area contributed by atoms with Gasteiger partial charge in [0.1, 0.15) is 5.69 Å². The van der Waals surface area contributed by atoms with Gasteiger partial charge in [0.05, 0.1) is 6.04 Å². The fourth-order valence-corrected chi connectivity index (χ4v) is 2.76. The van der Waals surface area contributed by atoms with Crippen molar-refractivity contribution < 1.29 is 4.79 Å². The van der Waals surface area contributed by atoms with Crippen molar-refractivity contribution in [3.05, 3.63) is 63.6 Å². The Morgan fingerprint density at radius 2 is 2.10 bits per heavy atom. The average molecular weight is 283 g/mol. The van der Waals surface area contributed by atoms with Gasteiger partial charge in [-0.2, -0.15) is 5.10 Å². The van der Waals surface area contributed by atoms with Crippen molar-refractivity contribution in [2.24, 2.45) is 7.05 Å². The Morgan fingerprint density at radius 1 is 1.29 bits per heavy atom. The van der Waals surface area contributed by atoms with Crippen LogP contribution in [0.15, 0.2) is 41.2 Å². The number of hydrogen-bond donors (Lipinski definition) is 1. The number of nitrogens with one attached hydrogen (secondary N) is 1. The predicted molar refractivity (Wildman–Crippen MR) is 79.1 cm³/mol. The van der Waals surface area contributed by atoms with E-state index in [2.05, 4.69) is 22.5 Å². The number of rotatable bonds is 2. The molecule has 1 atom stereocenters. The van der Waals surface area contributed by atoms with Crippen molar-refractivity contribution >= 4 is 5.91 Å². The largest absolute Gasteiger partial charge is 0.344 e. The summed E-state index contributed by atoms with van der Waals surface area (Å²) < 4.78 is 1.17. The van der Waals surface area contributed by atoms with Crippen LogP contribution in [0.4, 0.5) is 0 Å². The molecule has 0 spiro atoms. The molecule has 3 rings (SSSR count). The second-order valence-electron chi connectivity index (χ2n) is 5.30. The summed E-state index contributed by atoms with van der Waals surface area (Å²) in [4.78, 5) is 23.6. The molecule has 1 aromatic heterocycles. The number of amides is 1. The molecule has 0 bridgehead atoms. The normalized spacial score (nSPS) is 17.1. The lowest BCUT2D eigenvalue weighted by Gasteiger charge is -2.26. The summed E-state index contributed by atoms with van der Waals surface area (Å²) in [6.07, 6.45) is 3.04. The highest BCUT2D eigenvalue weighted by atomic mass is 16.2. The van der Waals surface area contributed by atoms with E-state index in [0.717, 1.165) is 19.3 Å². The third kappa shape index (κ3) is 2.72. The van der Waals surface area contributed by atoms with Crippen LogP contribution in [0, 0.1) is 0 Å². The lowest BCUT2D eigenvalue weighted by Crippen LogP contribution is -2.33. The molecule has 1 amide bonds. The first kappa shape index (κ1) is 13.5. The van der Waals surface area contributed by atoms with Crippen LogP contribution in [0.25, 0.3) is 0 Å². The number of nitrogens with zero attached hydrogens (tertiary/aromatic N) is 2. The van der Waals surface area contributed by atoms with E-state index in [-0.39, 0.29) is 23.2 Å². The van der Waals surface area contributed by atoms with Crippen molar-refractivity contribution in [3.8, 4) is 0 Å². The van der Waals surface area contributed by atoms with Gasteiger partial charge in [-0.3, -0.25) is 9.59 Å². The van der Waals surface area contributed by atoms with Gasteiger partial charge in [-0.05, 0) is 36.5 Å². The molecule has 108 valence electrons. The highest BCUT2D eigenvalue weighted by molar-refractivity contribution is 5.92. The molecule has 0 fully saturated rings. The van der Waals surface area contributed by atoms with Gasteiger partial charge in [0.2, 0.25) is 0 Å². The Morgan fingerprint density at radius 3 is 2.90 bits per heavy atom. The van der Waals surface area contributed by atoms with Gasteiger partial charge in [0, 0.05) is 13.1 Å². The molecular weight excluding hydrogens is 266 g/mol. The van der Waals surface area contributed by atoms with Crippen LogP contribution in [0.2, 0.25) is 0 Å². The number of benzene rings is 1. The zero-order chi connectivity index (χ0) is 14.8. The van der Waals surface area contributed by atoms with Crippen LogP contribution < -0.4 is 10.9 Å². The van der Waals surface area contributed by atoms with E-state index in [1.807, 2.05) is 12.1 Å². The number of hydrogen-bond acceptors (Lipinski definition) is 3. The van der Waals surface area contributed by atoms with E-state index < -0.39 is 0 Å². The Kier molecular flexibility index (Phi) is 3.56. The zero-order valence-electron chi connectivity index (χ0n) is 11.9. The Bertz CT molecular complexity index is 736. The van der Waals surface area contributed by atoms with E-state index in [0.29, 0.717) is 0 Å². The van der Waals surface area contributed by atoms with Gasteiger partial charge in [-0.1, -0.05) is 24.3 Å². The van der Waals surface area contributed by atoms with Crippen LogP contribution in [0.1, 0.15) is 40.5 Å². The second kappa shape index (κ2) is 5.52. The third-order valence-electron chi connectivity index (χ3n) is 3.87. The van der Waals surface area contributed by atoms with E-state index >= 15 is 0 Å². The Balaban J connectivity index is 1.82. The van der Waals surface area contributed by atoms with Crippen LogP contribution in [0.5, 0.6) is 0 Å². The summed E-state index contributed by atoms with van der Waals surface area (Å²) in [5.74, 6) is -0.243. The molecule has 1 aliphatic rings. The van der Waals surface area contributed by atoms with Crippen molar-refractivity contribution in [3.63, 3.8) is 0 Å². The fraction of sp³-hybridized carbons (Fsp3) is 0.312. The molecule has 21 heavy (non-hydrogen) atoms. The van der Waals surface area contributed by atoms with Crippen LogP contribution >= 0.6 is 0 Å². The van der Waals surface area contributed by atoms with Gasteiger partial charge in [0.25, 0.3) is 11.5 Å². The summed E-state index contributed by atoms with van der Waals surface area (Å²) in [5, 5.41) is 7.01. The van der Waals surface area contributed by atoms with E-state index in [4.69, 9.17) is 0 Å². The third-order valence-corrected chi connectivity index (χ3v) is 3.87. The average Bonchev–Trinajstić information content (AvgIpc) is 2.50. The van der Waals surface area contributed by atoms with Crippen LogP contribution in [0.3, 0.4) is 0 Å². The van der Waals surface area contributed by atoms with Crippen molar-refractivity contribution in [2.75, 3.05) is 0 Å². The van der Waals surface area contributed by atoms with E-state index in [9.17, 15) is 9.59 Å². The molecule has 2 aromatic rings. The lowest BCUT2D eigenvalue weighted by molar-refractivity contribution is 0.0925. The molecule has 0 saturated heterocycles. The fourth-order valence-electron chi connectivity index (χ4n) is 2.76. The minimum Gasteiger partial charge on any atom is -0.344 e. The van der Waals surface area contributed by atoms with Gasteiger partial charge in [-0.25, -0.2) is 4.68 Å². The highest BCUT2D eigenvalue weighted by Gasteiger charge is 2.22. The summed E-state index contributed by atoms with van der Waals surface area (Å²) in [7, 11) is 1.54. The molecule has 0 saturated carbocycles. The number of aromatic nitrogens is 2. The van der Waals surface area contributed by atoms with Gasteiger partial charge in [-0.15, -0.1) is 0 Å². The monoisotopic (exact) mass is 283 g/mol. The number of fused-ring (bicyclic) bond motifs is 1. The predicted octanol–water partition coefficient (Wildman–Crippen LogP) is 1.59. The summed E-state index contributed by atoms with van der Waals surface area (Å²) in [6, 6.07) is 11.0. The molecule has 1 N–H and O–H groups in total. The SMILES string of the molecule is Cn1nc(C(=O)N[C@H]2CCCc3ccccc32)ccc1=O. The standard InChI is InChI=1S/C16H17N3O2/c1-19-15(20)10-9-14(18-19)16(21)17-13-8-4-6-11-5-2-3-7-12(11)13/h2-3,5,7,9-10,13H,4,6,8H2,1H3,(H,17,21)/t13-/m0/s1. The van der Waals surface area contributed by atoms with Crippen molar-refractivity contribution in [2.45, 2.75) is 25.3 Å². The molecule has 5 heteroatoms. The maximum atomic E-state index is 12.3. The summed E-state index contributed by atoms with van der Waals surface area (Å²) in [6.45, 7) is 0. The second-order valence-corrected chi connectivity index (χ2v) is 5.30. The maximum Gasteiger partial charge on any atom is 0.272 e. The molecule has 0 aliphatic heterocycles. The molecule has 0 unspecified atom stereocenters. The van der Waals surface area contributed by atoms with Crippen LogP contribution in [-0.4, -0.2) is 15.7 Å². The van der Waals surface area contributed by atoms with Crippen molar-refractivity contribution in [1.82, 2.24) is 15.1 Å². The topological polar surface area (TPSA) is 64.0 Å². The van der Waals surface area contributed by atoms with E-state index in [1.165, 1.54) is 35.0 Å². The first-order valence-electron chi connectivity index (χ1n) is 7.08. The van der Waals surface area contributed by atoms with E-state index in [1.54, 1.807) is 0 Å². The minimum absolute atomic E-state index is 0.0153. The smallest absolute Gasteiger partial charge is 0.272 e. The highest BCUT2D eigenvalue weighted by Crippen LogP contribution is 2.29. The zero-order valence-corrected chi connectivity index (χ0v) is 11.9. The maximum absolute atomic E-state index is 12.3. The van der Waals surface area contributed by atoms with Gasteiger partial charge in [0.15, 0.2) is 0 Å². The van der Waals surface area contributed by atoms with Crippen molar-refractivity contribution in [1.29, 1.82) is 0 Å². The first-order chi connectivity index (χ1) is 10.1. The quantitative estimate of drug-likeness (QED) is 0.910. The lowest BCUT2D eigenvalue weighted by atomic mass is 9.87. The molecular formula is C16H17N3O2. The minimum atomic E-state index is -0.243. The summed E-state index contributed by atoms with van der Waals surface area (Å²) >= 11 is 0. The molecule has 5 nitrogen and oxygen atoms in total. The summed E-state index contributed by atoms with van der Waals surface area (Å²) in [5.41, 5.74) is 2.51. The van der Waals surface area contributed by atoms with Gasteiger partial charge < -0.3 is 5.32 Å². The number of carbonyl (C=O) groups excluding carboxylic acids is 1. The van der Waals surface area contributed by atoms with Gasteiger partial charge >= 0.3 is 0 Å². The Hall–Kier alpha value is -2.43. The van der Waals surface area contributed by atoms with Crippen LogP contribution in [-0.2, 0) is 13.5 Å². The molecule has 0 radical (unpaired) electrons. The number of carbonyl (C=O) groups is 1. The molecule has 1 aliphatic carbocycles. The molecule has 1 heterocycles. The number of aryl methyl sites for hydroxylation is 2.